The third-order valence-electron chi connectivity index (χ3n) is 2.97. The van der Waals surface area contributed by atoms with E-state index in [-0.39, 0.29) is 12.5 Å². The second-order valence-electron chi connectivity index (χ2n) is 5.31. The number of rotatable bonds is 6. The van der Waals surface area contributed by atoms with E-state index in [0.717, 1.165) is 17.8 Å². The smallest absolute Gasteiger partial charge is 0.257 e. The maximum Gasteiger partial charge on any atom is 0.257 e. The molecule has 0 aliphatic heterocycles. The number of carbonyl (C=O) groups excluding carboxylic acids is 1. The van der Waals surface area contributed by atoms with Gasteiger partial charge in [0, 0.05) is 18.9 Å². The van der Waals surface area contributed by atoms with E-state index < -0.39 is 0 Å². The highest BCUT2D eigenvalue weighted by atomic mass is 16.5. The highest BCUT2D eigenvalue weighted by Gasteiger charge is 2.08. The van der Waals surface area contributed by atoms with Crippen molar-refractivity contribution >= 4 is 11.6 Å². The van der Waals surface area contributed by atoms with Gasteiger partial charge in [0.15, 0.2) is 18.0 Å². The molecule has 0 bridgehead atoms. The van der Waals surface area contributed by atoms with Crippen molar-refractivity contribution in [1.29, 1.82) is 0 Å². The summed E-state index contributed by atoms with van der Waals surface area (Å²) in [6.45, 7) is 6.89. The fourth-order valence-corrected chi connectivity index (χ4v) is 1.92. The zero-order valence-corrected chi connectivity index (χ0v) is 12.2. The highest BCUT2D eigenvalue weighted by Crippen LogP contribution is 2.18. The first kappa shape index (κ1) is 14.4. The van der Waals surface area contributed by atoms with Crippen LogP contribution in [0.5, 0.6) is 5.75 Å². The maximum absolute atomic E-state index is 11.7. The molecular weight excluding hydrogens is 254 g/mol. The van der Waals surface area contributed by atoms with Crippen molar-refractivity contribution in [2.45, 2.75) is 27.2 Å². The molecule has 1 amide bonds. The molecule has 0 saturated carbocycles. The first-order valence-corrected chi connectivity index (χ1v) is 6.90. The van der Waals surface area contributed by atoms with Crippen LogP contribution in [0.4, 0.5) is 0 Å². The Morgan fingerprint density at radius 3 is 3.05 bits per heavy atom. The third-order valence-corrected chi connectivity index (χ3v) is 2.97. The van der Waals surface area contributed by atoms with Gasteiger partial charge in [-0.15, -0.1) is 0 Å². The van der Waals surface area contributed by atoms with Gasteiger partial charge in [-0.1, -0.05) is 13.8 Å². The van der Waals surface area contributed by atoms with Crippen molar-refractivity contribution in [3.8, 4) is 5.75 Å². The van der Waals surface area contributed by atoms with Crippen LogP contribution < -0.4 is 10.1 Å². The molecule has 0 spiro atoms. The van der Waals surface area contributed by atoms with E-state index in [4.69, 9.17) is 4.74 Å². The largest absolute Gasteiger partial charge is 0.480 e. The number of aryl methyl sites for hydroxylation is 1. The van der Waals surface area contributed by atoms with Gasteiger partial charge in [-0.2, -0.15) is 0 Å². The third kappa shape index (κ3) is 3.73. The van der Waals surface area contributed by atoms with E-state index in [1.807, 2.05) is 35.9 Å². The summed E-state index contributed by atoms with van der Waals surface area (Å²) < 4.78 is 7.45. The van der Waals surface area contributed by atoms with Crippen molar-refractivity contribution in [1.82, 2.24) is 14.7 Å². The lowest BCUT2D eigenvalue weighted by molar-refractivity contribution is -0.123. The molecule has 2 rings (SSSR count). The monoisotopic (exact) mass is 275 g/mol. The number of imidazole rings is 1. The number of fused-ring (bicyclic) bond motifs is 1. The summed E-state index contributed by atoms with van der Waals surface area (Å²) in [5.41, 5.74) is 1.66. The molecule has 1 N–H and O–H groups in total. The summed E-state index contributed by atoms with van der Waals surface area (Å²) in [6, 6.07) is 3.70. The molecular formula is C15H21N3O2. The fourth-order valence-electron chi connectivity index (χ4n) is 1.92. The lowest BCUT2D eigenvalue weighted by atomic mass is 10.1. The summed E-state index contributed by atoms with van der Waals surface area (Å²) in [7, 11) is 0. The Morgan fingerprint density at radius 2 is 2.30 bits per heavy atom. The fraction of sp³-hybridized carbons (Fsp3) is 0.467. The highest BCUT2D eigenvalue weighted by molar-refractivity contribution is 5.77. The Hall–Kier alpha value is -2.04. The average molecular weight is 275 g/mol. The number of hydrogen-bond donors (Lipinski definition) is 1. The van der Waals surface area contributed by atoms with Gasteiger partial charge in [-0.05, 0) is 31.4 Å². The number of ether oxygens (including phenoxy) is 1. The number of aromatic nitrogens is 2. The van der Waals surface area contributed by atoms with Crippen LogP contribution in [-0.2, 0) is 4.79 Å². The van der Waals surface area contributed by atoms with Gasteiger partial charge >= 0.3 is 0 Å². The van der Waals surface area contributed by atoms with E-state index >= 15 is 0 Å². The van der Waals surface area contributed by atoms with Crippen LogP contribution >= 0.6 is 0 Å². The SMILES string of the molecule is Cc1cn2cccc(OCC(=O)NCCC(C)C)c2n1. The molecule has 2 heterocycles. The van der Waals surface area contributed by atoms with Crippen molar-refractivity contribution < 1.29 is 9.53 Å². The van der Waals surface area contributed by atoms with Gasteiger partial charge in [0.25, 0.3) is 5.91 Å². The quantitative estimate of drug-likeness (QED) is 0.879. The Kier molecular flexibility index (Phi) is 4.61. The molecule has 108 valence electrons. The van der Waals surface area contributed by atoms with Gasteiger partial charge in [0.05, 0.1) is 5.69 Å². The molecule has 0 aliphatic carbocycles. The zero-order chi connectivity index (χ0) is 14.5. The molecule has 0 atom stereocenters. The molecule has 0 saturated heterocycles. The Morgan fingerprint density at radius 1 is 1.50 bits per heavy atom. The van der Waals surface area contributed by atoms with E-state index in [1.165, 1.54) is 0 Å². The van der Waals surface area contributed by atoms with E-state index in [1.54, 1.807) is 0 Å². The second-order valence-corrected chi connectivity index (χ2v) is 5.31. The van der Waals surface area contributed by atoms with Gasteiger partial charge < -0.3 is 14.5 Å². The Bertz CT molecular complexity index is 590. The molecule has 0 aliphatic rings. The summed E-state index contributed by atoms with van der Waals surface area (Å²) >= 11 is 0. The number of pyridine rings is 1. The van der Waals surface area contributed by atoms with Crippen LogP contribution in [0, 0.1) is 12.8 Å². The lowest BCUT2D eigenvalue weighted by Crippen LogP contribution is -2.30. The molecule has 0 aromatic carbocycles. The molecule has 2 aromatic rings. The Labute approximate surface area is 119 Å². The van der Waals surface area contributed by atoms with Crippen LogP contribution in [0.2, 0.25) is 0 Å². The van der Waals surface area contributed by atoms with Crippen molar-refractivity contribution in [2.24, 2.45) is 5.92 Å². The number of carbonyl (C=O) groups is 1. The van der Waals surface area contributed by atoms with E-state index in [9.17, 15) is 4.79 Å². The first-order chi connectivity index (χ1) is 9.56. The summed E-state index contributed by atoms with van der Waals surface area (Å²) in [4.78, 5) is 16.1. The molecule has 20 heavy (non-hydrogen) atoms. The predicted molar refractivity (Wildman–Crippen MR) is 77.9 cm³/mol. The van der Waals surface area contributed by atoms with Crippen molar-refractivity contribution in [3.63, 3.8) is 0 Å². The normalized spacial score (nSPS) is 11.0. The van der Waals surface area contributed by atoms with Crippen molar-refractivity contribution in [3.05, 3.63) is 30.2 Å². The topological polar surface area (TPSA) is 55.6 Å². The molecule has 0 fully saturated rings. The minimum Gasteiger partial charge on any atom is -0.480 e. The molecule has 0 unspecified atom stereocenters. The van der Waals surface area contributed by atoms with Gasteiger partial charge in [-0.25, -0.2) is 4.98 Å². The van der Waals surface area contributed by atoms with E-state index in [0.29, 0.717) is 18.2 Å². The molecule has 5 heteroatoms. The van der Waals surface area contributed by atoms with Crippen LogP contribution in [0.1, 0.15) is 26.0 Å². The minimum absolute atomic E-state index is 0.0175. The molecule has 5 nitrogen and oxygen atoms in total. The zero-order valence-electron chi connectivity index (χ0n) is 12.2. The van der Waals surface area contributed by atoms with Gasteiger partial charge in [-0.3, -0.25) is 4.79 Å². The van der Waals surface area contributed by atoms with Gasteiger partial charge in [0.2, 0.25) is 0 Å². The predicted octanol–water partition coefficient (Wildman–Crippen LogP) is 2.18. The molecule has 0 radical (unpaired) electrons. The summed E-state index contributed by atoms with van der Waals surface area (Å²) in [6.07, 6.45) is 4.80. The number of nitrogens with zero attached hydrogens (tertiary/aromatic N) is 2. The standard InChI is InChI=1S/C15H21N3O2/c1-11(2)6-7-16-14(19)10-20-13-5-4-8-18-9-12(3)17-15(13)18/h4-5,8-9,11H,6-7,10H2,1-3H3,(H,16,19). The summed E-state index contributed by atoms with van der Waals surface area (Å²) in [5, 5.41) is 2.85. The van der Waals surface area contributed by atoms with Crippen LogP contribution in [0.25, 0.3) is 5.65 Å². The number of hydrogen-bond acceptors (Lipinski definition) is 3. The maximum atomic E-state index is 11.7. The first-order valence-electron chi connectivity index (χ1n) is 6.90. The van der Waals surface area contributed by atoms with E-state index in [2.05, 4.69) is 24.1 Å². The van der Waals surface area contributed by atoms with Crippen molar-refractivity contribution in [2.75, 3.05) is 13.2 Å². The average Bonchev–Trinajstić information content (AvgIpc) is 2.76. The minimum atomic E-state index is -0.101. The van der Waals surface area contributed by atoms with Crippen LogP contribution in [0.3, 0.4) is 0 Å². The lowest BCUT2D eigenvalue weighted by Gasteiger charge is -2.09. The van der Waals surface area contributed by atoms with Gasteiger partial charge in [0.1, 0.15) is 0 Å². The number of nitrogens with one attached hydrogen (secondary N) is 1. The van der Waals surface area contributed by atoms with Crippen LogP contribution in [0.15, 0.2) is 24.5 Å². The Balaban J connectivity index is 1.91. The second kappa shape index (κ2) is 6.41. The number of amides is 1. The summed E-state index contributed by atoms with van der Waals surface area (Å²) in [5.74, 6) is 1.11. The van der Waals surface area contributed by atoms with Crippen LogP contribution in [-0.4, -0.2) is 28.4 Å². The molecule has 2 aromatic heterocycles.